The summed E-state index contributed by atoms with van der Waals surface area (Å²) in [5.41, 5.74) is 5.57. The van der Waals surface area contributed by atoms with Crippen LogP contribution in [0.25, 0.3) is 0 Å². The first-order valence-electron chi connectivity index (χ1n) is 6.20. The minimum Gasteiger partial charge on any atom is -0.466 e. The highest BCUT2D eigenvalue weighted by Gasteiger charge is 2.27. The second-order valence-corrected chi connectivity index (χ2v) is 4.31. The van der Waals surface area contributed by atoms with Gasteiger partial charge in [0.15, 0.2) is 0 Å². The Kier molecular flexibility index (Phi) is 3.96. The van der Waals surface area contributed by atoms with Crippen molar-refractivity contribution in [3.05, 3.63) is 12.3 Å². The topological polar surface area (TPSA) is 81.3 Å². The zero-order chi connectivity index (χ0) is 13.0. The number of nitrogens with two attached hydrogens (primary N) is 1. The zero-order valence-electron chi connectivity index (χ0n) is 10.5. The van der Waals surface area contributed by atoms with E-state index in [1.807, 2.05) is 13.0 Å². The number of anilines is 2. The van der Waals surface area contributed by atoms with E-state index in [0.29, 0.717) is 13.2 Å². The molecule has 1 aliphatic rings. The first-order chi connectivity index (χ1) is 8.70. The van der Waals surface area contributed by atoms with Gasteiger partial charge in [-0.15, -0.1) is 0 Å². The van der Waals surface area contributed by atoms with E-state index < -0.39 is 0 Å². The molecule has 1 atom stereocenters. The fraction of sp³-hybridized carbons (Fsp3) is 0.583. The summed E-state index contributed by atoms with van der Waals surface area (Å²) in [4.78, 5) is 21.8. The Labute approximate surface area is 106 Å². The third-order valence-electron chi connectivity index (χ3n) is 3.02. The minimum atomic E-state index is -0.121. The van der Waals surface area contributed by atoms with Gasteiger partial charge in [0.2, 0.25) is 5.95 Å². The normalized spacial score (nSPS) is 19.6. The predicted octanol–water partition coefficient (Wildman–Crippen LogP) is 0.838. The third-order valence-corrected chi connectivity index (χ3v) is 3.02. The Morgan fingerprint density at radius 1 is 1.67 bits per heavy atom. The second kappa shape index (κ2) is 5.66. The van der Waals surface area contributed by atoms with E-state index in [2.05, 4.69) is 14.9 Å². The van der Waals surface area contributed by atoms with E-state index in [9.17, 15) is 4.79 Å². The molecular weight excluding hydrogens is 232 g/mol. The molecule has 2 rings (SSSR count). The van der Waals surface area contributed by atoms with Gasteiger partial charge in [0, 0.05) is 19.3 Å². The summed E-state index contributed by atoms with van der Waals surface area (Å²) in [5.74, 6) is 0.835. The summed E-state index contributed by atoms with van der Waals surface area (Å²) < 4.78 is 5.07. The number of nitrogens with zero attached hydrogens (tertiary/aromatic N) is 3. The summed E-state index contributed by atoms with van der Waals surface area (Å²) in [7, 11) is 0. The van der Waals surface area contributed by atoms with Crippen molar-refractivity contribution in [2.24, 2.45) is 5.92 Å². The fourth-order valence-corrected chi connectivity index (χ4v) is 2.18. The molecule has 0 amide bonds. The molecule has 0 radical (unpaired) electrons. The predicted molar refractivity (Wildman–Crippen MR) is 68.0 cm³/mol. The van der Waals surface area contributed by atoms with Gasteiger partial charge in [-0.05, 0) is 25.8 Å². The van der Waals surface area contributed by atoms with Crippen molar-refractivity contribution in [3.8, 4) is 0 Å². The highest BCUT2D eigenvalue weighted by Crippen LogP contribution is 2.22. The Morgan fingerprint density at radius 2 is 2.50 bits per heavy atom. The van der Waals surface area contributed by atoms with Crippen LogP contribution in [0.5, 0.6) is 0 Å². The lowest BCUT2D eigenvalue weighted by Crippen LogP contribution is -2.39. The largest absolute Gasteiger partial charge is 0.466 e. The number of aromatic nitrogens is 2. The molecule has 2 heterocycles. The molecule has 1 aliphatic heterocycles. The van der Waals surface area contributed by atoms with Crippen molar-refractivity contribution >= 4 is 17.7 Å². The number of piperidine rings is 1. The first-order valence-corrected chi connectivity index (χ1v) is 6.20. The molecule has 6 heteroatoms. The molecule has 0 unspecified atom stereocenters. The van der Waals surface area contributed by atoms with Crippen LogP contribution in [0.15, 0.2) is 12.3 Å². The van der Waals surface area contributed by atoms with Gasteiger partial charge in [0.1, 0.15) is 5.82 Å². The lowest BCUT2D eigenvalue weighted by Gasteiger charge is -2.32. The van der Waals surface area contributed by atoms with E-state index in [0.717, 1.165) is 25.2 Å². The van der Waals surface area contributed by atoms with Crippen molar-refractivity contribution in [2.75, 3.05) is 30.3 Å². The molecule has 2 N–H and O–H groups in total. The summed E-state index contributed by atoms with van der Waals surface area (Å²) in [6.07, 6.45) is 3.45. The fourth-order valence-electron chi connectivity index (χ4n) is 2.18. The van der Waals surface area contributed by atoms with Gasteiger partial charge >= 0.3 is 5.97 Å². The van der Waals surface area contributed by atoms with Gasteiger partial charge in [-0.2, -0.15) is 4.98 Å². The number of rotatable bonds is 3. The molecule has 0 aromatic carbocycles. The van der Waals surface area contributed by atoms with Gasteiger partial charge in [-0.1, -0.05) is 0 Å². The minimum absolute atomic E-state index is 0.0742. The van der Waals surface area contributed by atoms with Crippen molar-refractivity contribution in [3.63, 3.8) is 0 Å². The number of hydrogen-bond acceptors (Lipinski definition) is 6. The molecule has 0 aliphatic carbocycles. The molecule has 0 bridgehead atoms. The van der Waals surface area contributed by atoms with E-state index in [1.165, 1.54) is 0 Å². The molecule has 1 saturated heterocycles. The lowest BCUT2D eigenvalue weighted by atomic mass is 9.98. The summed E-state index contributed by atoms with van der Waals surface area (Å²) >= 11 is 0. The van der Waals surface area contributed by atoms with Gasteiger partial charge in [-0.3, -0.25) is 4.79 Å². The van der Waals surface area contributed by atoms with Crippen LogP contribution in [-0.4, -0.2) is 35.6 Å². The molecule has 1 fully saturated rings. The van der Waals surface area contributed by atoms with Crippen molar-refractivity contribution in [2.45, 2.75) is 19.8 Å². The Bertz CT molecular complexity index is 424. The van der Waals surface area contributed by atoms with E-state index in [-0.39, 0.29) is 17.8 Å². The molecular formula is C12H18N4O2. The Balaban J connectivity index is 2.04. The van der Waals surface area contributed by atoms with E-state index >= 15 is 0 Å². The zero-order valence-corrected chi connectivity index (χ0v) is 10.5. The van der Waals surface area contributed by atoms with Crippen molar-refractivity contribution < 1.29 is 9.53 Å². The van der Waals surface area contributed by atoms with Crippen LogP contribution in [-0.2, 0) is 9.53 Å². The third kappa shape index (κ3) is 2.88. The number of carbonyl (C=O) groups excluding carboxylic acids is 1. The molecule has 1 aromatic heterocycles. The van der Waals surface area contributed by atoms with Gasteiger partial charge < -0.3 is 15.4 Å². The number of carbonyl (C=O) groups is 1. The number of ether oxygens (including phenoxy) is 1. The van der Waals surface area contributed by atoms with Gasteiger partial charge in [0.05, 0.1) is 12.5 Å². The van der Waals surface area contributed by atoms with Crippen LogP contribution >= 0.6 is 0 Å². The maximum absolute atomic E-state index is 11.7. The lowest BCUT2D eigenvalue weighted by molar-refractivity contribution is -0.148. The molecule has 1 aromatic rings. The average molecular weight is 250 g/mol. The van der Waals surface area contributed by atoms with Crippen LogP contribution in [0.2, 0.25) is 0 Å². The van der Waals surface area contributed by atoms with E-state index in [4.69, 9.17) is 10.5 Å². The molecule has 0 spiro atoms. The van der Waals surface area contributed by atoms with Gasteiger partial charge in [-0.25, -0.2) is 4.98 Å². The molecule has 98 valence electrons. The SMILES string of the molecule is CCOC(=O)[C@@H]1CCCN(c2ccnc(N)n2)C1. The Morgan fingerprint density at radius 3 is 3.22 bits per heavy atom. The smallest absolute Gasteiger partial charge is 0.310 e. The van der Waals surface area contributed by atoms with Crippen molar-refractivity contribution in [1.82, 2.24) is 9.97 Å². The van der Waals surface area contributed by atoms with Crippen LogP contribution in [0.1, 0.15) is 19.8 Å². The van der Waals surface area contributed by atoms with Crippen LogP contribution in [0, 0.1) is 5.92 Å². The van der Waals surface area contributed by atoms with E-state index in [1.54, 1.807) is 6.20 Å². The summed E-state index contributed by atoms with van der Waals surface area (Å²) in [5, 5.41) is 0. The van der Waals surface area contributed by atoms with Crippen LogP contribution in [0.4, 0.5) is 11.8 Å². The second-order valence-electron chi connectivity index (χ2n) is 4.31. The van der Waals surface area contributed by atoms with Crippen LogP contribution < -0.4 is 10.6 Å². The maximum atomic E-state index is 11.7. The molecule has 18 heavy (non-hydrogen) atoms. The highest BCUT2D eigenvalue weighted by molar-refractivity contribution is 5.73. The maximum Gasteiger partial charge on any atom is 0.310 e. The summed E-state index contributed by atoms with van der Waals surface area (Å²) in [6.45, 7) is 3.76. The number of esters is 1. The molecule has 6 nitrogen and oxygen atoms in total. The number of nitrogen functional groups attached to an aromatic ring is 1. The standard InChI is InChI=1S/C12H18N4O2/c1-2-18-11(17)9-4-3-7-16(8-9)10-5-6-14-12(13)15-10/h5-6,9H,2-4,7-8H2,1H3,(H2,13,14,15)/t9-/m1/s1. The monoisotopic (exact) mass is 250 g/mol. The summed E-state index contributed by atoms with van der Waals surface area (Å²) in [6, 6.07) is 1.81. The average Bonchev–Trinajstić information content (AvgIpc) is 2.39. The highest BCUT2D eigenvalue weighted by atomic mass is 16.5. The number of hydrogen-bond donors (Lipinski definition) is 1. The molecule has 0 saturated carbocycles. The van der Waals surface area contributed by atoms with Gasteiger partial charge in [0.25, 0.3) is 0 Å². The van der Waals surface area contributed by atoms with Crippen LogP contribution in [0.3, 0.4) is 0 Å². The quantitative estimate of drug-likeness (QED) is 0.800. The first kappa shape index (κ1) is 12.6. The van der Waals surface area contributed by atoms with Crippen molar-refractivity contribution in [1.29, 1.82) is 0 Å². The Hall–Kier alpha value is -1.85.